The minimum absolute atomic E-state index is 0.0875. The number of carbonyl (C=O) groups excluding carboxylic acids is 1. The number of rotatable bonds is 2. The van der Waals surface area contributed by atoms with Gasteiger partial charge in [-0.25, -0.2) is 4.99 Å². The van der Waals surface area contributed by atoms with E-state index in [1.165, 1.54) is 11.8 Å². The lowest BCUT2D eigenvalue weighted by Crippen LogP contribution is -1.96. The van der Waals surface area contributed by atoms with Crippen molar-refractivity contribution in [2.24, 2.45) is 4.99 Å². The SMILES string of the molecule is CCSC1=N/C(=C\C2C=CC(C)S2)C(=O)S1. The van der Waals surface area contributed by atoms with Crippen molar-refractivity contribution in [3.05, 3.63) is 23.9 Å². The molecule has 0 aromatic carbocycles. The number of carbonyl (C=O) groups is 1. The van der Waals surface area contributed by atoms with Crippen molar-refractivity contribution in [1.82, 2.24) is 0 Å². The third-order valence-corrected chi connectivity index (χ3v) is 5.22. The van der Waals surface area contributed by atoms with Gasteiger partial charge in [0.1, 0.15) is 10.1 Å². The molecule has 0 amide bonds. The normalized spacial score (nSPS) is 31.5. The van der Waals surface area contributed by atoms with E-state index in [4.69, 9.17) is 0 Å². The van der Waals surface area contributed by atoms with Crippen LogP contribution in [0.25, 0.3) is 0 Å². The zero-order chi connectivity index (χ0) is 11.5. The zero-order valence-corrected chi connectivity index (χ0v) is 11.6. The minimum Gasteiger partial charge on any atom is -0.279 e. The second-order valence-electron chi connectivity index (χ2n) is 3.44. The second-order valence-corrected chi connectivity index (χ2v) is 7.48. The predicted octanol–water partition coefficient (Wildman–Crippen LogP) is 3.31. The highest BCUT2D eigenvalue weighted by Gasteiger charge is 2.24. The van der Waals surface area contributed by atoms with Gasteiger partial charge in [0.2, 0.25) is 5.12 Å². The van der Waals surface area contributed by atoms with Crippen molar-refractivity contribution in [3.63, 3.8) is 0 Å². The first kappa shape index (κ1) is 12.3. The number of hydrogen-bond donors (Lipinski definition) is 0. The van der Waals surface area contributed by atoms with Crippen molar-refractivity contribution < 1.29 is 4.79 Å². The standard InChI is InChI=1S/C11H13NOS3/c1-3-14-11-12-9(10(13)16-11)6-8-5-4-7(2)15-8/h4-8H,3H2,1-2H3/b9-6-. The van der Waals surface area contributed by atoms with E-state index in [2.05, 4.69) is 31.0 Å². The Labute approximate surface area is 108 Å². The van der Waals surface area contributed by atoms with Crippen molar-refractivity contribution in [3.8, 4) is 0 Å². The number of aliphatic imine (C=N–C) groups is 1. The Balaban J connectivity index is 2.06. The first-order valence-corrected chi connectivity index (χ1v) is 7.93. The van der Waals surface area contributed by atoms with Gasteiger partial charge in [-0.2, -0.15) is 0 Å². The van der Waals surface area contributed by atoms with E-state index in [0.717, 1.165) is 10.1 Å². The van der Waals surface area contributed by atoms with Crippen molar-refractivity contribution in [2.45, 2.75) is 24.3 Å². The van der Waals surface area contributed by atoms with Gasteiger partial charge < -0.3 is 0 Å². The molecule has 2 aliphatic rings. The summed E-state index contributed by atoms with van der Waals surface area (Å²) >= 11 is 4.73. The smallest absolute Gasteiger partial charge is 0.244 e. The summed E-state index contributed by atoms with van der Waals surface area (Å²) < 4.78 is 0.888. The van der Waals surface area contributed by atoms with Gasteiger partial charge in [0.25, 0.3) is 0 Å². The zero-order valence-electron chi connectivity index (χ0n) is 9.17. The molecule has 0 aromatic rings. The first-order chi connectivity index (χ1) is 7.69. The molecule has 16 heavy (non-hydrogen) atoms. The monoisotopic (exact) mass is 271 g/mol. The molecule has 86 valence electrons. The Kier molecular flexibility index (Phi) is 4.21. The average Bonchev–Trinajstić information content (AvgIpc) is 2.76. The Morgan fingerprint density at radius 1 is 1.56 bits per heavy atom. The average molecular weight is 271 g/mol. The van der Waals surface area contributed by atoms with Crippen LogP contribution in [0, 0.1) is 0 Å². The second kappa shape index (κ2) is 5.47. The first-order valence-electron chi connectivity index (χ1n) is 5.18. The van der Waals surface area contributed by atoms with Crippen LogP contribution < -0.4 is 0 Å². The summed E-state index contributed by atoms with van der Waals surface area (Å²) in [6, 6.07) is 0. The van der Waals surface area contributed by atoms with Crippen LogP contribution in [0.2, 0.25) is 0 Å². The maximum atomic E-state index is 11.7. The van der Waals surface area contributed by atoms with Crippen LogP contribution in [0.1, 0.15) is 13.8 Å². The van der Waals surface area contributed by atoms with Gasteiger partial charge in [-0.15, -0.1) is 11.8 Å². The maximum absolute atomic E-state index is 11.7. The lowest BCUT2D eigenvalue weighted by atomic mass is 10.3. The molecule has 0 saturated heterocycles. The quantitative estimate of drug-likeness (QED) is 0.569. The van der Waals surface area contributed by atoms with E-state index in [1.807, 2.05) is 17.8 Å². The molecule has 0 fully saturated rings. The van der Waals surface area contributed by atoms with Gasteiger partial charge in [0.15, 0.2) is 0 Å². The summed E-state index contributed by atoms with van der Waals surface area (Å²) in [6.07, 6.45) is 6.29. The molecule has 0 radical (unpaired) electrons. The van der Waals surface area contributed by atoms with E-state index in [-0.39, 0.29) is 5.12 Å². The maximum Gasteiger partial charge on any atom is 0.244 e. The molecule has 5 heteroatoms. The molecule has 0 bridgehead atoms. The van der Waals surface area contributed by atoms with E-state index in [9.17, 15) is 4.79 Å². The Bertz CT molecular complexity index is 387. The van der Waals surface area contributed by atoms with Gasteiger partial charge >= 0.3 is 0 Å². The van der Waals surface area contributed by atoms with Gasteiger partial charge in [0.05, 0.1) is 0 Å². The summed E-state index contributed by atoms with van der Waals surface area (Å²) in [5.74, 6) is 0.960. The molecule has 0 aromatic heterocycles. The van der Waals surface area contributed by atoms with Crippen molar-refractivity contribution in [1.29, 1.82) is 0 Å². The van der Waals surface area contributed by atoms with E-state index in [0.29, 0.717) is 16.2 Å². The van der Waals surface area contributed by atoms with Gasteiger partial charge in [-0.3, -0.25) is 4.79 Å². The van der Waals surface area contributed by atoms with Crippen molar-refractivity contribution >= 4 is 44.8 Å². The molecule has 0 saturated carbocycles. The Hall–Kier alpha value is -0.130. The van der Waals surface area contributed by atoms with E-state index in [1.54, 1.807) is 11.8 Å². The fourth-order valence-corrected chi connectivity index (χ4v) is 4.26. The third-order valence-electron chi connectivity index (χ3n) is 2.13. The largest absolute Gasteiger partial charge is 0.279 e. The van der Waals surface area contributed by atoms with Crippen LogP contribution >= 0.6 is 35.3 Å². The van der Waals surface area contributed by atoms with Crippen LogP contribution in [-0.4, -0.2) is 25.7 Å². The molecular weight excluding hydrogens is 258 g/mol. The summed E-state index contributed by atoms with van der Waals surface area (Å²) in [7, 11) is 0. The summed E-state index contributed by atoms with van der Waals surface area (Å²) in [5, 5.41) is 0.938. The van der Waals surface area contributed by atoms with Crippen LogP contribution in [0.5, 0.6) is 0 Å². The highest BCUT2D eigenvalue weighted by molar-refractivity contribution is 8.45. The summed E-state index contributed by atoms with van der Waals surface area (Å²) in [4.78, 5) is 16.0. The van der Waals surface area contributed by atoms with E-state index >= 15 is 0 Å². The molecule has 2 unspecified atom stereocenters. The Morgan fingerprint density at radius 2 is 2.38 bits per heavy atom. The molecular formula is C11H13NOS3. The number of nitrogens with zero attached hydrogens (tertiary/aromatic N) is 1. The molecule has 0 spiro atoms. The topological polar surface area (TPSA) is 29.4 Å². The lowest BCUT2D eigenvalue weighted by Gasteiger charge is -2.02. The van der Waals surface area contributed by atoms with Crippen LogP contribution in [0.3, 0.4) is 0 Å². The molecule has 0 aliphatic carbocycles. The third kappa shape index (κ3) is 2.96. The van der Waals surface area contributed by atoms with Crippen LogP contribution in [-0.2, 0) is 4.79 Å². The Morgan fingerprint density at radius 3 is 3.00 bits per heavy atom. The molecule has 2 atom stereocenters. The lowest BCUT2D eigenvalue weighted by molar-refractivity contribution is -0.107. The van der Waals surface area contributed by atoms with E-state index < -0.39 is 0 Å². The highest BCUT2D eigenvalue weighted by Crippen LogP contribution is 2.33. The summed E-state index contributed by atoms with van der Waals surface area (Å²) in [6.45, 7) is 4.23. The van der Waals surface area contributed by atoms with Gasteiger partial charge in [0, 0.05) is 10.5 Å². The number of hydrogen-bond acceptors (Lipinski definition) is 5. The molecule has 2 aliphatic heterocycles. The molecule has 2 heterocycles. The van der Waals surface area contributed by atoms with Crippen LogP contribution in [0.4, 0.5) is 0 Å². The van der Waals surface area contributed by atoms with Gasteiger partial charge in [-0.05, 0) is 30.5 Å². The number of thioether (sulfide) groups is 3. The fourth-order valence-electron chi connectivity index (χ4n) is 1.44. The predicted molar refractivity (Wildman–Crippen MR) is 76.2 cm³/mol. The molecule has 2 nitrogen and oxygen atoms in total. The van der Waals surface area contributed by atoms with Crippen molar-refractivity contribution in [2.75, 3.05) is 5.75 Å². The summed E-state index contributed by atoms with van der Waals surface area (Å²) in [5.41, 5.74) is 0.622. The minimum atomic E-state index is 0.0875. The molecule has 0 N–H and O–H groups in total. The highest BCUT2D eigenvalue weighted by atomic mass is 32.2. The molecule has 2 rings (SSSR count). The fraction of sp³-hybridized carbons (Fsp3) is 0.455. The van der Waals surface area contributed by atoms with Gasteiger partial charge in [-0.1, -0.05) is 30.8 Å². The van der Waals surface area contributed by atoms with Crippen LogP contribution in [0.15, 0.2) is 28.9 Å².